The third-order valence-corrected chi connectivity index (χ3v) is 5.26. The van der Waals surface area contributed by atoms with Gasteiger partial charge >= 0.3 is 0 Å². The summed E-state index contributed by atoms with van der Waals surface area (Å²) in [5, 5.41) is 2.17. The molecule has 26 heavy (non-hydrogen) atoms. The molecule has 2 aromatic rings. The fraction of sp³-hybridized carbons (Fsp3) is 0.400. The highest BCUT2D eigenvalue weighted by atomic mass is 16.5. The number of benzene rings is 2. The van der Waals surface area contributed by atoms with Crippen LogP contribution in [-0.2, 0) is 9.59 Å². The number of piperidine rings is 1. The molecule has 1 saturated heterocycles. The zero-order chi connectivity index (χ0) is 18.7. The van der Waals surface area contributed by atoms with Gasteiger partial charge in [-0.05, 0) is 48.2 Å². The van der Waals surface area contributed by atoms with E-state index in [2.05, 4.69) is 11.5 Å². The normalized spacial score (nSPS) is 16.3. The molecule has 1 unspecified atom stereocenters. The Hall–Kier alpha value is -2.60. The first-order valence-electron chi connectivity index (χ1n) is 8.90. The van der Waals surface area contributed by atoms with Crippen LogP contribution in [0, 0.1) is 5.92 Å². The van der Waals surface area contributed by atoms with Crippen molar-refractivity contribution < 1.29 is 14.3 Å². The average Bonchev–Trinajstić information content (AvgIpc) is 2.71. The minimum atomic E-state index is -0.221. The molecular formula is C20H25N3O3. The molecule has 0 aromatic heterocycles. The molecule has 0 aliphatic carbocycles. The van der Waals surface area contributed by atoms with Crippen LogP contribution in [0.2, 0.25) is 0 Å². The lowest BCUT2D eigenvalue weighted by Crippen LogP contribution is -2.45. The first-order valence-corrected chi connectivity index (χ1v) is 8.90. The second-order valence-corrected chi connectivity index (χ2v) is 6.80. The van der Waals surface area contributed by atoms with Crippen molar-refractivity contribution in [2.45, 2.75) is 25.7 Å². The average molecular weight is 355 g/mol. The summed E-state index contributed by atoms with van der Waals surface area (Å²) in [4.78, 5) is 26.3. The Bertz CT molecular complexity index is 813. The van der Waals surface area contributed by atoms with Gasteiger partial charge in [0.15, 0.2) is 0 Å². The summed E-state index contributed by atoms with van der Waals surface area (Å²) in [5.41, 5.74) is 3.20. The highest BCUT2D eigenvalue weighted by Gasteiger charge is 2.29. The third-order valence-electron chi connectivity index (χ3n) is 5.26. The molecule has 138 valence electrons. The summed E-state index contributed by atoms with van der Waals surface area (Å²) in [6.07, 6.45) is 1.30. The maximum Gasteiger partial charge on any atom is 0.237 e. The molecule has 0 radical (unpaired) electrons. The van der Waals surface area contributed by atoms with E-state index in [0.717, 1.165) is 22.1 Å². The molecule has 3 N–H and O–H groups in total. The van der Waals surface area contributed by atoms with Crippen LogP contribution < -0.4 is 16.0 Å². The highest BCUT2D eigenvalue weighted by Crippen LogP contribution is 2.27. The van der Waals surface area contributed by atoms with Crippen molar-refractivity contribution in [3.05, 3.63) is 42.0 Å². The topological polar surface area (TPSA) is 84.7 Å². The molecule has 3 rings (SSSR count). The molecule has 2 aromatic carbocycles. The number of nitrogens with zero attached hydrogens (tertiary/aromatic N) is 1. The number of nitrogens with one attached hydrogen (secondary N) is 1. The SMILES string of the molecule is COc1ccc2cc(C(C)C(=O)N3CCC(C(=O)NN)CC3)ccc2c1. The number of ether oxygens (including phenoxy) is 1. The number of hydrazine groups is 1. The van der Waals surface area contributed by atoms with E-state index in [4.69, 9.17) is 10.6 Å². The zero-order valence-corrected chi connectivity index (χ0v) is 15.2. The fourth-order valence-electron chi connectivity index (χ4n) is 3.53. The number of fused-ring (bicyclic) bond motifs is 1. The van der Waals surface area contributed by atoms with Crippen molar-refractivity contribution >= 4 is 22.6 Å². The van der Waals surface area contributed by atoms with Gasteiger partial charge in [0.1, 0.15) is 5.75 Å². The van der Waals surface area contributed by atoms with Crippen molar-refractivity contribution in [3.63, 3.8) is 0 Å². The number of carbonyl (C=O) groups excluding carboxylic acids is 2. The molecule has 1 heterocycles. The lowest BCUT2D eigenvalue weighted by Gasteiger charge is -2.33. The van der Waals surface area contributed by atoms with Crippen LogP contribution in [0.25, 0.3) is 10.8 Å². The Morgan fingerprint density at radius 1 is 1.15 bits per heavy atom. The molecule has 1 aliphatic heterocycles. The molecule has 0 bridgehead atoms. The van der Waals surface area contributed by atoms with Gasteiger partial charge in [0.25, 0.3) is 0 Å². The number of hydrogen-bond acceptors (Lipinski definition) is 4. The Morgan fingerprint density at radius 2 is 1.81 bits per heavy atom. The molecule has 1 atom stereocenters. The standard InChI is InChI=1S/C20H25N3O3/c1-13(20(25)23-9-7-14(8-10-23)19(24)22-21)15-3-4-17-12-18(26-2)6-5-16(17)11-15/h3-6,11-14H,7-10,21H2,1-2H3,(H,22,24). The first kappa shape index (κ1) is 18.2. The van der Waals surface area contributed by atoms with E-state index in [1.165, 1.54) is 0 Å². The second-order valence-electron chi connectivity index (χ2n) is 6.80. The summed E-state index contributed by atoms with van der Waals surface area (Å²) in [6.45, 7) is 3.11. The maximum atomic E-state index is 12.9. The fourth-order valence-corrected chi connectivity index (χ4v) is 3.53. The molecule has 6 heteroatoms. The molecular weight excluding hydrogens is 330 g/mol. The van der Waals surface area contributed by atoms with E-state index in [9.17, 15) is 9.59 Å². The van der Waals surface area contributed by atoms with Crippen LogP contribution in [0.3, 0.4) is 0 Å². The van der Waals surface area contributed by atoms with Crippen LogP contribution >= 0.6 is 0 Å². The number of rotatable bonds is 4. The van der Waals surface area contributed by atoms with Gasteiger partial charge in [0.2, 0.25) is 11.8 Å². The van der Waals surface area contributed by atoms with Gasteiger partial charge < -0.3 is 9.64 Å². The summed E-state index contributed by atoms with van der Waals surface area (Å²) < 4.78 is 5.25. The van der Waals surface area contributed by atoms with Gasteiger partial charge in [-0.3, -0.25) is 15.0 Å². The quantitative estimate of drug-likeness (QED) is 0.500. The number of hydrogen-bond donors (Lipinski definition) is 2. The van der Waals surface area contributed by atoms with Crippen molar-refractivity contribution in [2.24, 2.45) is 11.8 Å². The van der Waals surface area contributed by atoms with Gasteiger partial charge in [-0.1, -0.05) is 24.3 Å². The zero-order valence-electron chi connectivity index (χ0n) is 15.2. The lowest BCUT2D eigenvalue weighted by atomic mass is 9.93. The number of carbonyl (C=O) groups is 2. The molecule has 0 spiro atoms. The van der Waals surface area contributed by atoms with Crippen molar-refractivity contribution in [2.75, 3.05) is 20.2 Å². The maximum absolute atomic E-state index is 12.9. The van der Waals surface area contributed by atoms with Gasteiger partial charge in [-0.2, -0.15) is 0 Å². The van der Waals surface area contributed by atoms with Crippen LogP contribution in [0.5, 0.6) is 5.75 Å². The van der Waals surface area contributed by atoms with Crippen molar-refractivity contribution in [3.8, 4) is 5.75 Å². The van der Waals surface area contributed by atoms with E-state index in [1.807, 2.05) is 42.2 Å². The van der Waals surface area contributed by atoms with E-state index in [0.29, 0.717) is 25.9 Å². The Balaban J connectivity index is 1.70. The summed E-state index contributed by atoms with van der Waals surface area (Å²) in [7, 11) is 1.65. The predicted octanol–water partition coefficient (Wildman–Crippen LogP) is 2.18. The summed E-state index contributed by atoms with van der Waals surface area (Å²) in [5.74, 6) is 5.65. The molecule has 0 saturated carbocycles. The largest absolute Gasteiger partial charge is 0.497 e. The summed E-state index contributed by atoms with van der Waals surface area (Å²) >= 11 is 0. The van der Waals surface area contributed by atoms with Gasteiger partial charge in [0.05, 0.1) is 13.0 Å². The Kier molecular flexibility index (Phi) is 5.42. The van der Waals surface area contributed by atoms with Gasteiger partial charge in [-0.15, -0.1) is 0 Å². The predicted molar refractivity (Wildman–Crippen MR) is 101 cm³/mol. The molecule has 1 fully saturated rings. The second kappa shape index (κ2) is 7.74. The molecule has 1 aliphatic rings. The Morgan fingerprint density at radius 3 is 2.46 bits per heavy atom. The minimum absolute atomic E-state index is 0.101. The highest BCUT2D eigenvalue weighted by molar-refractivity contribution is 5.88. The smallest absolute Gasteiger partial charge is 0.237 e. The van der Waals surface area contributed by atoms with E-state index in [-0.39, 0.29) is 23.7 Å². The first-order chi connectivity index (χ1) is 12.5. The van der Waals surface area contributed by atoms with Crippen LogP contribution in [0.1, 0.15) is 31.2 Å². The van der Waals surface area contributed by atoms with Crippen LogP contribution in [0.4, 0.5) is 0 Å². The van der Waals surface area contributed by atoms with E-state index >= 15 is 0 Å². The minimum Gasteiger partial charge on any atom is -0.497 e. The van der Waals surface area contributed by atoms with E-state index < -0.39 is 0 Å². The summed E-state index contributed by atoms with van der Waals surface area (Å²) in [6, 6.07) is 12.0. The number of amides is 2. The van der Waals surface area contributed by atoms with Crippen molar-refractivity contribution in [1.82, 2.24) is 10.3 Å². The monoisotopic (exact) mass is 355 g/mol. The van der Waals surface area contributed by atoms with Crippen molar-refractivity contribution in [1.29, 1.82) is 0 Å². The lowest BCUT2D eigenvalue weighted by molar-refractivity contribution is -0.136. The van der Waals surface area contributed by atoms with Crippen LogP contribution in [0.15, 0.2) is 36.4 Å². The number of likely N-dealkylation sites (tertiary alicyclic amines) is 1. The van der Waals surface area contributed by atoms with Gasteiger partial charge in [0, 0.05) is 19.0 Å². The van der Waals surface area contributed by atoms with E-state index in [1.54, 1.807) is 7.11 Å². The molecule has 2 amide bonds. The number of methoxy groups -OCH3 is 1. The van der Waals surface area contributed by atoms with Gasteiger partial charge in [-0.25, -0.2) is 5.84 Å². The Labute approximate surface area is 153 Å². The number of nitrogens with two attached hydrogens (primary N) is 1. The molecule has 6 nitrogen and oxygen atoms in total. The third kappa shape index (κ3) is 3.65. The van der Waals surface area contributed by atoms with Crippen LogP contribution in [-0.4, -0.2) is 36.9 Å².